The van der Waals surface area contributed by atoms with E-state index in [1.807, 2.05) is 61.5 Å². The van der Waals surface area contributed by atoms with Crippen LogP contribution in [-0.2, 0) is 0 Å². The van der Waals surface area contributed by atoms with E-state index in [1.165, 1.54) is 0 Å². The van der Waals surface area contributed by atoms with Gasteiger partial charge in [-0.05, 0) is 43.3 Å². The predicted octanol–water partition coefficient (Wildman–Crippen LogP) is 4.17. The molecule has 5 heteroatoms. The molecule has 26 heavy (non-hydrogen) atoms. The van der Waals surface area contributed by atoms with Gasteiger partial charge in [0.2, 0.25) is 0 Å². The van der Waals surface area contributed by atoms with Gasteiger partial charge in [0.15, 0.2) is 6.17 Å². The number of benzene rings is 2. The summed E-state index contributed by atoms with van der Waals surface area (Å²) in [5.41, 5.74) is 4.18. The third kappa shape index (κ3) is 2.77. The first-order valence-electron chi connectivity index (χ1n) is 8.43. The Morgan fingerprint density at radius 2 is 1.88 bits per heavy atom. The smallest absolute Gasteiger partial charge is 0.262 e. The number of anilines is 2. The highest BCUT2D eigenvalue weighted by Crippen LogP contribution is 2.37. The molecule has 0 unspecified atom stereocenters. The van der Waals surface area contributed by atoms with Crippen LogP contribution in [0.25, 0.3) is 0 Å². The second kappa shape index (κ2) is 6.52. The van der Waals surface area contributed by atoms with Gasteiger partial charge in [-0.25, -0.2) is 0 Å². The van der Waals surface area contributed by atoms with E-state index in [1.54, 1.807) is 24.3 Å². The van der Waals surface area contributed by atoms with Crippen molar-refractivity contribution in [2.24, 2.45) is 0 Å². The zero-order valence-electron chi connectivity index (χ0n) is 14.6. The summed E-state index contributed by atoms with van der Waals surface area (Å²) in [6, 6.07) is 19.2. The molecule has 0 spiro atoms. The molecule has 2 heterocycles. The molecule has 1 amide bonds. The highest BCUT2D eigenvalue weighted by atomic mass is 16.5. The van der Waals surface area contributed by atoms with Gasteiger partial charge in [-0.2, -0.15) is 0 Å². The van der Waals surface area contributed by atoms with Crippen molar-refractivity contribution in [3.8, 4) is 5.75 Å². The Morgan fingerprint density at radius 3 is 2.65 bits per heavy atom. The fourth-order valence-electron chi connectivity index (χ4n) is 3.16. The van der Waals surface area contributed by atoms with E-state index in [0.717, 1.165) is 28.4 Å². The quantitative estimate of drug-likeness (QED) is 0.771. The van der Waals surface area contributed by atoms with Gasteiger partial charge < -0.3 is 10.1 Å². The first kappa shape index (κ1) is 16.1. The summed E-state index contributed by atoms with van der Waals surface area (Å²) in [5, 5.41) is 3.43. The standard InChI is InChI=1S/C21H19N3O2/c1-14-8-10-16(11-9-14)24-20(19-18(21(24)25)7-4-12-22-19)23-15-5-3-6-17(13-15)26-2/h3-13,20,23H,1-2H3/t20-/m0/s1. The second-order valence-corrected chi connectivity index (χ2v) is 6.23. The zero-order chi connectivity index (χ0) is 18.1. The van der Waals surface area contributed by atoms with Gasteiger partial charge in [0.25, 0.3) is 5.91 Å². The molecule has 1 atom stereocenters. The molecule has 4 rings (SSSR count). The van der Waals surface area contributed by atoms with E-state index in [4.69, 9.17) is 4.74 Å². The van der Waals surface area contributed by atoms with Gasteiger partial charge in [-0.15, -0.1) is 0 Å². The number of amides is 1. The lowest BCUT2D eigenvalue weighted by molar-refractivity contribution is 0.0993. The number of carbonyl (C=O) groups is 1. The first-order valence-corrected chi connectivity index (χ1v) is 8.43. The normalized spacial score (nSPS) is 15.7. The predicted molar refractivity (Wildman–Crippen MR) is 102 cm³/mol. The number of fused-ring (bicyclic) bond motifs is 1. The van der Waals surface area contributed by atoms with Crippen LogP contribution >= 0.6 is 0 Å². The number of methoxy groups -OCH3 is 1. The Balaban J connectivity index is 1.76. The Hall–Kier alpha value is -3.34. The minimum absolute atomic E-state index is 0.0580. The summed E-state index contributed by atoms with van der Waals surface area (Å²) in [4.78, 5) is 19.2. The van der Waals surface area contributed by atoms with Gasteiger partial charge in [0, 0.05) is 23.6 Å². The number of aryl methyl sites for hydroxylation is 1. The first-order chi connectivity index (χ1) is 12.7. The van der Waals surface area contributed by atoms with E-state index in [0.29, 0.717) is 5.56 Å². The zero-order valence-corrected chi connectivity index (χ0v) is 14.6. The van der Waals surface area contributed by atoms with Crippen molar-refractivity contribution >= 4 is 17.3 Å². The molecule has 130 valence electrons. The summed E-state index contributed by atoms with van der Waals surface area (Å²) in [7, 11) is 1.63. The second-order valence-electron chi connectivity index (χ2n) is 6.23. The van der Waals surface area contributed by atoms with Crippen LogP contribution in [0, 0.1) is 6.92 Å². The molecule has 1 aliphatic heterocycles. The molecule has 0 bridgehead atoms. The van der Waals surface area contributed by atoms with Crippen molar-refractivity contribution in [1.82, 2.24) is 4.98 Å². The number of hydrogen-bond acceptors (Lipinski definition) is 4. The molecule has 0 saturated carbocycles. The van der Waals surface area contributed by atoms with Crippen molar-refractivity contribution in [3.05, 3.63) is 83.7 Å². The molecule has 0 fully saturated rings. The van der Waals surface area contributed by atoms with Crippen LogP contribution in [0.5, 0.6) is 5.75 Å². The lowest BCUT2D eigenvalue weighted by Crippen LogP contribution is -2.32. The number of pyridine rings is 1. The summed E-state index contributed by atoms with van der Waals surface area (Å²) in [6.07, 6.45) is 1.33. The summed E-state index contributed by atoms with van der Waals surface area (Å²) in [5.74, 6) is 0.694. The Kier molecular flexibility index (Phi) is 4.05. The molecule has 1 N–H and O–H groups in total. The van der Waals surface area contributed by atoms with Crippen molar-refractivity contribution in [3.63, 3.8) is 0 Å². The van der Waals surface area contributed by atoms with Crippen molar-refractivity contribution in [2.45, 2.75) is 13.1 Å². The Bertz CT molecular complexity index is 953. The van der Waals surface area contributed by atoms with Crippen molar-refractivity contribution in [2.75, 3.05) is 17.3 Å². The van der Waals surface area contributed by atoms with E-state index >= 15 is 0 Å². The summed E-state index contributed by atoms with van der Waals surface area (Å²) < 4.78 is 5.30. The number of aromatic nitrogens is 1. The molecule has 1 aromatic heterocycles. The maximum Gasteiger partial charge on any atom is 0.262 e. The molecule has 0 saturated heterocycles. The van der Waals surface area contributed by atoms with E-state index in [9.17, 15) is 4.79 Å². The van der Waals surface area contributed by atoms with Crippen LogP contribution in [0.1, 0.15) is 27.8 Å². The van der Waals surface area contributed by atoms with Gasteiger partial charge in [0.05, 0.1) is 18.4 Å². The molecule has 5 nitrogen and oxygen atoms in total. The summed E-state index contributed by atoms with van der Waals surface area (Å²) in [6.45, 7) is 2.03. The number of hydrogen-bond donors (Lipinski definition) is 1. The van der Waals surface area contributed by atoms with Gasteiger partial charge in [-0.1, -0.05) is 23.8 Å². The molecule has 2 aromatic carbocycles. The molecule has 3 aromatic rings. The Labute approximate surface area is 152 Å². The van der Waals surface area contributed by atoms with Crippen LogP contribution in [0.4, 0.5) is 11.4 Å². The molecular formula is C21H19N3O2. The number of rotatable bonds is 4. The maximum atomic E-state index is 13.0. The highest BCUT2D eigenvalue weighted by molar-refractivity contribution is 6.11. The third-order valence-electron chi connectivity index (χ3n) is 4.49. The topological polar surface area (TPSA) is 54.5 Å². The van der Waals surface area contributed by atoms with Crippen LogP contribution in [0.3, 0.4) is 0 Å². The number of ether oxygens (including phenoxy) is 1. The van der Waals surface area contributed by atoms with Crippen molar-refractivity contribution in [1.29, 1.82) is 0 Å². The third-order valence-corrected chi connectivity index (χ3v) is 4.49. The molecule has 0 aliphatic carbocycles. The average Bonchev–Trinajstić information content (AvgIpc) is 2.95. The SMILES string of the molecule is COc1cccc(N[C@@H]2c3ncccc3C(=O)N2c2ccc(C)cc2)c1. The van der Waals surface area contributed by atoms with Gasteiger partial charge in [-0.3, -0.25) is 14.7 Å². The van der Waals surface area contributed by atoms with Crippen LogP contribution in [0.2, 0.25) is 0 Å². The minimum Gasteiger partial charge on any atom is -0.497 e. The number of carbonyl (C=O) groups excluding carboxylic acids is 1. The fourth-order valence-corrected chi connectivity index (χ4v) is 3.16. The van der Waals surface area contributed by atoms with Crippen LogP contribution in [0.15, 0.2) is 66.9 Å². The monoisotopic (exact) mass is 345 g/mol. The molecule has 1 aliphatic rings. The number of nitrogens with zero attached hydrogens (tertiary/aromatic N) is 2. The van der Waals surface area contributed by atoms with E-state index < -0.39 is 0 Å². The lowest BCUT2D eigenvalue weighted by Gasteiger charge is -2.26. The van der Waals surface area contributed by atoms with Gasteiger partial charge >= 0.3 is 0 Å². The maximum absolute atomic E-state index is 13.0. The largest absolute Gasteiger partial charge is 0.497 e. The molecule has 0 radical (unpaired) electrons. The van der Waals surface area contributed by atoms with Gasteiger partial charge in [0.1, 0.15) is 5.75 Å². The minimum atomic E-state index is -0.381. The van der Waals surface area contributed by atoms with Crippen LogP contribution < -0.4 is 15.0 Å². The summed E-state index contributed by atoms with van der Waals surface area (Å²) >= 11 is 0. The molecular weight excluding hydrogens is 326 g/mol. The average molecular weight is 345 g/mol. The Morgan fingerprint density at radius 1 is 1.08 bits per heavy atom. The van der Waals surface area contributed by atoms with E-state index in [2.05, 4.69) is 10.3 Å². The highest BCUT2D eigenvalue weighted by Gasteiger charge is 2.38. The lowest BCUT2D eigenvalue weighted by atomic mass is 10.2. The van der Waals surface area contributed by atoms with Crippen molar-refractivity contribution < 1.29 is 9.53 Å². The fraction of sp³-hybridized carbons (Fsp3) is 0.143. The van der Waals surface area contributed by atoms with E-state index in [-0.39, 0.29) is 12.1 Å². The van der Waals surface area contributed by atoms with Crippen LogP contribution in [-0.4, -0.2) is 18.0 Å². The number of nitrogens with one attached hydrogen (secondary N) is 1.